The number of phenolic OH excluding ortho intramolecular Hbond substituents is 1. The van der Waals surface area contributed by atoms with Crippen molar-refractivity contribution in [3.8, 4) is 16.9 Å². The van der Waals surface area contributed by atoms with E-state index in [1.165, 1.54) is 46.1 Å². The molecule has 0 aromatic heterocycles. The van der Waals surface area contributed by atoms with Gasteiger partial charge in [0.1, 0.15) is 5.75 Å². The van der Waals surface area contributed by atoms with Crippen LogP contribution in [0.5, 0.6) is 5.75 Å². The summed E-state index contributed by atoms with van der Waals surface area (Å²) in [4.78, 5) is 0. The Labute approximate surface area is 154 Å². The van der Waals surface area contributed by atoms with Gasteiger partial charge in [0.2, 0.25) is 0 Å². The molecule has 0 unspecified atom stereocenters. The van der Waals surface area contributed by atoms with E-state index in [9.17, 15) is 5.11 Å². The first-order chi connectivity index (χ1) is 12.7. The van der Waals surface area contributed by atoms with Gasteiger partial charge in [0.25, 0.3) is 0 Å². The van der Waals surface area contributed by atoms with Gasteiger partial charge in [0, 0.05) is 0 Å². The molecule has 2 aliphatic carbocycles. The summed E-state index contributed by atoms with van der Waals surface area (Å²) in [6.45, 7) is 2.11. The Kier molecular flexibility index (Phi) is 3.49. The number of benzene rings is 3. The van der Waals surface area contributed by atoms with Crippen molar-refractivity contribution in [3.63, 3.8) is 0 Å². The van der Waals surface area contributed by atoms with Gasteiger partial charge in [0.15, 0.2) is 0 Å². The zero-order valence-corrected chi connectivity index (χ0v) is 15.0. The maximum atomic E-state index is 10.3. The molecular formula is C25H22O. The fourth-order valence-corrected chi connectivity index (χ4v) is 4.53. The molecule has 0 fully saturated rings. The molecule has 2 aliphatic rings. The molecule has 0 aliphatic heterocycles. The van der Waals surface area contributed by atoms with Crippen LogP contribution in [0.2, 0.25) is 0 Å². The van der Waals surface area contributed by atoms with E-state index in [4.69, 9.17) is 0 Å². The minimum Gasteiger partial charge on any atom is -0.508 e. The van der Waals surface area contributed by atoms with Crippen molar-refractivity contribution >= 4 is 16.3 Å². The Balaban J connectivity index is 1.82. The zero-order chi connectivity index (χ0) is 17.7. The average Bonchev–Trinajstić information content (AvgIpc) is 2.67. The average molecular weight is 338 g/mol. The molecule has 1 nitrogen and oxygen atoms in total. The first kappa shape index (κ1) is 15.5. The largest absolute Gasteiger partial charge is 0.508 e. The van der Waals surface area contributed by atoms with Gasteiger partial charge in [-0.3, -0.25) is 0 Å². The number of rotatable bonds is 1. The molecule has 3 aromatic rings. The first-order valence-electron chi connectivity index (χ1n) is 9.45. The molecule has 3 aromatic carbocycles. The number of hydrogen-bond donors (Lipinski definition) is 1. The maximum Gasteiger partial charge on any atom is 0.116 e. The number of aryl methyl sites for hydroxylation is 2. The molecule has 0 saturated carbocycles. The molecule has 0 heterocycles. The zero-order valence-electron chi connectivity index (χ0n) is 15.0. The second-order valence-corrected chi connectivity index (χ2v) is 7.51. The fraction of sp³-hybridized carbons (Fsp3) is 0.200. The molecule has 1 heteroatoms. The molecule has 0 amide bonds. The summed E-state index contributed by atoms with van der Waals surface area (Å²) in [6, 6.07) is 16.9. The quantitative estimate of drug-likeness (QED) is 0.532. The lowest BCUT2D eigenvalue weighted by molar-refractivity contribution is 0.476. The van der Waals surface area contributed by atoms with Crippen LogP contribution in [0.3, 0.4) is 0 Å². The number of allylic oxidation sites excluding steroid dienone is 4. The van der Waals surface area contributed by atoms with Crippen LogP contribution in [-0.4, -0.2) is 5.11 Å². The van der Waals surface area contributed by atoms with Gasteiger partial charge in [0.05, 0.1) is 0 Å². The lowest BCUT2D eigenvalue weighted by Gasteiger charge is -2.26. The first-order valence-corrected chi connectivity index (χ1v) is 9.45. The van der Waals surface area contributed by atoms with Gasteiger partial charge in [-0.25, -0.2) is 0 Å². The number of aromatic hydroxyl groups is 1. The van der Waals surface area contributed by atoms with E-state index in [1.807, 2.05) is 12.1 Å². The normalized spacial score (nSPS) is 15.9. The molecule has 26 heavy (non-hydrogen) atoms. The van der Waals surface area contributed by atoms with E-state index in [0.717, 1.165) is 23.8 Å². The second-order valence-electron chi connectivity index (χ2n) is 7.51. The fourth-order valence-electron chi connectivity index (χ4n) is 4.53. The van der Waals surface area contributed by atoms with Crippen molar-refractivity contribution in [1.29, 1.82) is 0 Å². The number of phenols is 1. The predicted molar refractivity (Wildman–Crippen MR) is 109 cm³/mol. The van der Waals surface area contributed by atoms with Crippen LogP contribution in [-0.2, 0) is 6.42 Å². The Morgan fingerprint density at radius 1 is 0.846 bits per heavy atom. The number of hydrogen-bond acceptors (Lipinski definition) is 1. The summed E-state index contributed by atoms with van der Waals surface area (Å²) in [5, 5.41) is 12.7. The minimum absolute atomic E-state index is 0.335. The Bertz CT molecular complexity index is 1080. The Morgan fingerprint density at radius 3 is 2.54 bits per heavy atom. The third kappa shape index (κ3) is 2.39. The van der Waals surface area contributed by atoms with Crippen LogP contribution in [0.15, 0.2) is 66.3 Å². The van der Waals surface area contributed by atoms with Crippen molar-refractivity contribution in [2.24, 2.45) is 0 Å². The van der Waals surface area contributed by atoms with Gasteiger partial charge in [-0.2, -0.15) is 0 Å². The smallest absolute Gasteiger partial charge is 0.116 e. The van der Waals surface area contributed by atoms with Crippen LogP contribution in [0, 0.1) is 6.92 Å². The van der Waals surface area contributed by atoms with Crippen molar-refractivity contribution in [2.75, 3.05) is 0 Å². The van der Waals surface area contributed by atoms with Crippen LogP contribution in [0.1, 0.15) is 36.0 Å². The maximum absolute atomic E-state index is 10.3. The lowest BCUT2D eigenvalue weighted by atomic mass is 9.78. The van der Waals surface area contributed by atoms with Gasteiger partial charge < -0.3 is 5.11 Å². The van der Waals surface area contributed by atoms with Crippen LogP contribution < -0.4 is 0 Å². The predicted octanol–water partition coefficient (Wildman–Crippen LogP) is 6.57. The third-order valence-electron chi connectivity index (χ3n) is 5.82. The highest BCUT2D eigenvalue weighted by Gasteiger charge is 2.22. The summed E-state index contributed by atoms with van der Waals surface area (Å²) in [7, 11) is 0. The van der Waals surface area contributed by atoms with E-state index in [0.29, 0.717) is 5.75 Å². The Morgan fingerprint density at radius 2 is 1.69 bits per heavy atom. The number of fused-ring (bicyclic) bond motifs is 4. The summed E-state index contributed by atoms with van der Waals surface area (Å²) in [5.41, 5.74) is 9.42. The van der Waals surface area contributed by atoms with Gasteiger partial charge in [-0.05, 0) is 83.3 Å². The van der Waals surface area contributed by atoms with Gasteiger partial charge in [-0.1, -0.05) is 59.7 Å². The highest BCUT2D eigenvalue weighted by Crippen LogP contribution is 2.43. The molecule has 5 rings (SSSR count). The standard InChI is InChI=1S/C25H22O/c1-16-6-8-18(9-7-16)24-15-20(26)14-19-11-12-22-21-5-3-2-4-17(21)10-13-23(22)25(19)24/h3,5-9,11-12,14-15,26H,2,4,10,13H2,1H3. The molecule has 0 radical (unpaired) electrons. The van der Waals surface area contributed by atoms with Crippen LogP contribution in [0.4, 0.5) is 0 Å². The topological polar surface area (TPSA) is 20.2 Å². The van der Waals surface area contributed by atoms with Crippen LogP contribution >= 0.6 is 0 Å². The van der Waals surface area contributed by atoms with E-state index < -0.39 is 0 Å². The molecule has 0 saturated heterocycles. The minimum atomic E-state index is 0.335. The highest BCUT2D eigenvalue weighted by atomic mass is 16.3. The molecule has 1 N–H and O–H groups in total. The summed E-state index contributed by atoms with van der Waals surface area (Å²) in [6.07, 6.45) is 9.22. The molecular weight excluding hydrogens is 316 g/mol. The van der Waals surface area contributed by atoms with Crippen molar-refractivity contribution in [2.45, 2.75) is 32.6 Å². The van der Waals surface area contributed by atoms with Crippen molar-refractivity contribution < 1.29 is 5.11 Å². The third-order valence-corrected chi connectivity index (χ3v) is 5.82. The van der Waals surface area contributed by atoms with E-state index in [-0.39, 0.29) is 0 Å². The molecule has 0 bridgehead atoms. The van der Waals surface area contributed by atoms with E-state index in [1.54, 1.807) is 5.57 Å². The van der Waals surface area contributed by atoms with Crippen molar-refractivity contribution in [3.05, 3.63) is 82.9 Å². The highest BCUT2D eigenvalue weighted by molar-refractivity contribution is 6.03. The monoisotopic (exact) mass is 338 g/mol. The SMILES string of the molecule is Cc1ccc(-c2cc(O)cc3ccc4c(c23)CCC2=C4C=CCC2)cc1. The van der Waals surface area contributed by atoms with Crippen LogP contribution in [0.25, 0.3) is 27.5 Å². The molecule has 128 valence electrons. The molecule has 0 spiro atoms. The summed E-state index contributed by atoms with van der Waals surface area (Å²) >= 11 is 0. The lowest BCUT2D eigenvalue weighted by Crippen LogP contribution is -2.07. The van der Waals surface area contributed by atoms with E-state index in [2.05, 4.69) is 55.5 Å². The summed E-state index contributed by atoms with van der Waals surface area (Å²) in [5.74, 6) is 0.335. The van der Waals surface area contributed by atoms with Gasteiger partial charge in [-0.15, -0.1) is 0 Å². The van der Waals surface area contributed by atoms with Gasteiger partial charge >= 0.3 is 0 Å². The van der Waals surface area contributed by atoms with Crippen molar-refractivity contribution in [1.82, 2.24) is 0 Å². The Hall–Kier alpha value is -2.80. The summed E-state index contributed by atoms with van der Waals surface area (Å²) < 4.78 is 0. The van der Waals surface area contributed by atoms with E-state index >= 15 is 0 Å². The molecule has 0 atom stereocenters. The second kappa shape index (κ2) is 5.88.